The second kappa shape index (κ2) is 7.36. The summed E-state index contributed by atoms with van der Waals surface area (Å²) in [6.45, 7) is 3.95. The Kier molecular flexibility index (Phi) is 4.98. The summed E-state index contributed by atoms with van der Waals surface area (Å²) in [5.74, 6) is 1.17. The number of benzene rings is 1. The topological polar surface area (TPSA) is 35.6 Å². The van der Waals surface area contributed by atoms with Crippen LogP contribution in [0.5, 0.6) is 0 Å². The molecule has 0 unspecified atom stereocenters. The van der Waals surface area contributed by atoms with E-state index in [0.29, 0.717) is 6.67 Å². The SMILES string of the molecule is O=C1NCN(c2ccccc2)C12CCN(CCC1CCCCC1)CC2. The van der Waals surface area contributed by atoms with E-state index in [-0.39, 0.29) is 11.4 Å². The summed E-state index contributed by atoms with van der Waals surface area (Å²) >= 11 is 0. The Morgan fingerprint density at radius 1 is 1.04 bits per heavy atom. The highest BCUT2D eigenvalue weighted by molar-refractivity contribution is 5.93. The van der Waals surface area contributed by atoms with Crippen LogP contribution in [0.15, 0.2) is 30.3 Å². The van der Waals surface area contributed by atoms with E-state index in [1.807, 2.05) is 6.07 Å². The minimum Gasteiger partial charge on any atom is -0.339 e. The first kappa shape index (κ1) is 16.9. The molecule has 1 N–H and O–H groups in total. The van der Waals surface area contributed by atoms with Crippen molar-refractivity contribution in [1.29, 1.82) is 0 Å². The fraction of sp³-hybridized carbons (Fsp3) is 0.667. The molecule has 3 fully saturated rings. The number of amides is 1. The maximum Gasteiger partial charge on any atom is 0.247 e. The smallest absolute Gasteiger partial charge is 0.247 e. The molecular weight excluding hydrogens is 310 g/mol. The Morgan fingerprint density at radius 2 is 1.76 bits per heavy atom. The van der Waals surface area contributed by atoms with Gasteiger partial charge in [-0.05, 0) is 43.9 Å². The number of nitrogens with zero attached hydrogens (tertiary/aromatic N) is 2. The minimum atomic E-state index is -0.331. The molecular formula is C21H31N3O. The lowest BCUT2D eigenvalue weighted by atomic mass is 9.84. The molecule has 1 aromatic carbocycles. The van der Waals surface area contributed by atoms with E-state index in [9.17, 15) is 4.79 Å². The minimum absolute atomic E-state index is 0.225. The van der Waals surface area contributed by atoms with E-state index in [4.69, 9.17) is 0 Å². The van der Waals surface area contributed by atoms with Gasteiger partial charge < -0.3 is 15.1 Å². The van der Waals surface area contributed by atoms with Crippen LogP contribution in [0, 0.1) is 5.92 Å². The fourth-order valence-corrected chi connectivity index (χ4v) is 5.02. The molecule has 0 atom stereocenters. The quantitative estimate of drug-likeness (QED) is 0.912. The first-order valence-corrected chi connectivity index (χ1v) is 10.1. The largest absolute Gasteiger partial charge is 0.339 e. The molecule has 1 saturated carbocycles. The van der Waals surface area contributed by atoms with Crippen molar-refractivity contribution in [1.82, 2.24) is 10.2 Å². The summed E-state index contributed by atoms with van der Waals surface area (Å²) in [6, 6.07) is 10.4. The predicted molar refractivity (Wildman–Crippen MR) is 102 cm³/mol. The Hall–Kier alpha value is -1.55. The zero-order valence-corrected chi connectivity index (χ0v) is 15.3. The Bertz CT molecular complexity index is 574. The number of rotatable bonds is 4. The molecule has 2 aliphatic heterocycles. The highest BCUT2D eigenvalue weighted by Crippen LogP contribution is 2.36. The molecule has 136 valence electrons. The van der Waals surface area contributed by atoms with Crippen LogP contribution in [0.2, 0.25) is 0 Å². The van der Waals surface area contributed by atoms with Crippen molar-refractivity contribution in [3.63, 3.8) is 0 Å². The third-order valence-corrected chi connectivity index (χ3v) is 6.67. The fourth-order valence-electron chi connectivity index (χ4n) is 5.02. The Labute approximate surface area is 151 Å². The van der Waals surface area contributed by atoms with Crippen molar-refractivity contribution >= 4 is 11.6 Å². The van der Waals surface area contributed by atoms with Crippen molar-refractivity contribution in [3.8, 4) is 0 Å². The standard InChI is InChI=1S/C21H31N3O/c25-20-21(24(17-22-20)19-9-5-2-6-10-19)12-15-23(16-13-21)14-11-18-7-3-1-4-8-18/h2,5-6,9-10,18H,1,3-4,7-8,11-17H2,(H,22,25). The molecule has 4 rings (SSSR count). The maximum atomic E-state index is 12.7. The molecule has 25 heavy (non-hydrogen) atoms. The van der Waals surface area contributed by atoms with E-state index in [2.05, 4.69) is 39.4 Å². The van der Waals surface area contributed by atoms with Gasteiger partial charge in [0.25, 0.3) is 0 Å². The van der Waals surface area contributed by atoms with Crippen LogP contribution < -0.4 is 10.2 Å². The highest BCUT2D eigenvalue weighted by Gasteiger charge is 2.50. The van der Waals surface area contributed by atoms with Gasteiger partial charge in [-0.15, -0.1) is 0 Å². The van der Waals surface area contributed by atoms with Crippen molar-refractivity contribution in [3.05, 3.63) is 30.3 Å². The second-order valence-corrected chi connectivity index (χ2v) is 8.09. The lowest BCUT2D eigenvalue weighted by Gasteiger charge is -2.43. The molecule has 4 heteroatoms. The van der Waals surface area contributed by atoms with Gasteiger partial charge in [0.2, 0.25) is 5.91 Å². The Balaban J connectivity index is 1.36. The molecule has 1 aliphatic carbocycles. The lowest BCUT2D eigenvalue weighted by Crippen LogP contribution is -2.56. The number of piperidine rings is 1. The molecule has 4 nitrogen and oxygen atoms in total. The van der Waals surface area contributed by atoms with Crippen LogP contribution >= 0.6 is 0 Å². The van der Waals surface area contributed by atoms with Crippen LogP contribution in [0.3, 0.4) is 0 Å². The average Bonchev–Trinajstić information content (AvgIpc) is 2.99. The lowest BCUT2D eigenvalue weighted by molar-refractivity contribution is -0.125. The number of carbonyl (C=O) groups excluding carboxylic acids is 1. The van der Waals surface area contributed by atoms with Crippen LogP contribution in [-0.2, 0) is 4.79 Å². The maximum absolute atomic E-state index is 12.7. The van der Waals surface area contributed by atoms with Gasteiger partial charge in [0.15, 0.2) is 0 Å². The number of nitrogens with one attached hydrogen (secondary N) is 1. The monoisotopic (exact) mass is 341 g/mol. The zero-order chi connectivity index (χ0) is 17.1. The molecule has 1 amide bonds. The van der Waals surface area contributed by atoms with Crippen LogP contribution in [-0.4, -0.2) is 42.6 Å². The number of hydrogen-bond acceptors (Lipinski definition) is 3. The van der Waals surface area contributed by atoms with Gasteiger partial charge in [0, 0.05) is 18.8 Å². The van der Waals surface area contributed by atoms with Gasteiger partial charge in [-0.2, -0.15) is 0 Å². The number of carbonyl (C=O) groups is 1. The predicted octanol–water partition coefficient (Wildman–Crippen LogP) is 3.39. The molecule has 3 aliphatic rings. The van der Waals surface area contributed by atoms with E-state index in [1.54, 1.807) is 0 Å². The van der Waals surface area contributed by atoms with Gasteiger partial charge in [0.05, 0.1) is 6.67 Å². The van der Waals surface area contributed by atoms with Crippen molar-refractivity contribution in [2.24, 2.45) is 5.92 Å². The van der Waals surface area contributed by atoms with Crippen LogP contribution in [0.25, 0.3) is 0 Å². The first-order valence-electron chi connectivity index (χ1n) is 10.1. The summed E-state index contributed by atoms with van der Waals surface area (Å²) in [6.07, 6.45) is 10.4. The third kappa shape index (κ3) is 3.41. The zero-order valence-electron chi connectivity index (χ0n) is 15.3. The van der Waals surface area contributed by atoms with Gasteiger partial charge in [0.1, 0.15) is 5.54 Å². The number of anilines is 1. The normalized spacial score (nSPS) is 24.6. The van der Waals surface area contributed by atoms with Gasteiger partial charge in [-0.3, -0.25) is 4.79 Å². The number of likely N-dealkylation sites (tertiary alicyclic amines) is 1. The second-order valence-electron chi connectivity index (χ2n) is 8.09. The average molecular weight is 341 g/mol. The number of hydrogen-bond donors (Lipinski definition) is 1. The van der Waals surface area contributed by atoms with Gasteiger partial charge >= 0.3 is 0 Å². The van der Waals surface area contributed by atoms with E-state index >= 15 is 0 Å². The van der Waals surface area contributed by atoms with E-state index < -0.39 is 0 Å². The van der Waals surface area contributed by atoms with E-state index in [1.165, 1.54) is 45.1 Å². The summed E-state index contributed by atoms with van der Waals surface area (Å²) in [4.78, 5) is 17.6. The van der Waals surface area contributed by atoms with Crippen molar-refractivity contribution in [2.75, 3.05) is 31.2 Å². The summed E-state index contributed by atoms with van der Waals surface area (Å²) < 4.78 is 0. The van der Waals surface area contributed by atoms with Crippen molar-refractivity contribution < 1.29 is 4.79 Å². The molecule has 2 heterocycles. The highest BCUT2D eigenvalue weighted by atomic mass is 16.2. The third-order valence-electron chi connectivity index (χ3n) is 6.67. The molecule has 1 spiro atoms. The summed E-state index contributed by atoms with van der Waals surface area (Å²) in [5, 5.41) is 3.10. The molecule has 2 saturated heterocycles. The molecule has 0 aromatic heterocycles. The Morgan fingerprint density at radius 3 is 2.48 bits per heavy atom. The van der Waals surface area contributed by atoms with Gasteiger partial charge in [-0.1, -0.05) is 50.3 Å². The van der Waals surface area contributed by atoms with E-state index in [0.717, 1.165) is 37.5 Å². The summed E-state index contributed by atoms with van der Waals surface area (Å²) in [7, 11) is 0. The molecule has 0 bridgehead atoms. The summed E-state index contributed by atoms with van der Waals surface area (Å²) in [5.41, 5.74) is 0.833. The molecule has 0 radical (unpaired) electrons. The van der Waals surface area contributed by atoms with Gasteiger partial charge in [-0.25, -0.2) is 0 Å². The van der Waals surface area contributed by atoms with Crippen molar-refractivity contribution in [2.45, 2.75) is 56.9 Å². The molecule has 1 aromatic rings. The number of para-hydroxylation sites is 1. The first-order chi connectivity index (χ1) is 12.3. The van der Waals surface area contributed by atoms with Crippen LogP contribution in [0.1, 0.15) is 51.4 Å². The van der Waals surface area contributed by atoms with Crippen LogP contribution in [0.4, 0.5) is 5.69 Å².